The van der Waals surface area contributed by atoms with E-state index in [-0.39, 0.29) is 5.91 Å². The van der Waals surface area contributed by atoms with Gasteiger partial charge in [0.25, 0.3) is 0 Å². The first-order chi connectivity index (χ1) is 7.13. The Morgan fingerprint density at radius 2 is 1.67 bits per heavy atom. The maximum absolute atomic E-state index is 11.4. The molecule has 0 aromatic heterocycles. The van der Waals surface area contributed by atoms with Crippen LogP contribution in [0.3, 0.4) is 0 Å². The Morgan fingerprint density at radius 1 is 1.07 bits per heavy atom. The molecular weight excluding hydrogens is 200 g/mol. The number of hydrogen-bond donors (Lipinski definition) is 1. The molecule has 1 aliphatic heterocycles. The van der Waals surface area contributed by atoms with E-state index >= 15 is 0 Å². The van der Waals surface area contributed by atoms with Crippen LogP contribution in [-0.4, -0.2) is 59.4 Å². The second-order valence-electron chi connectivity index (χ2n) is 3.14. The summed E-state index contributed by atoms with van der Waals surface area (Å²) >= 11 is 0. The molecule has 0 aromatic rings. The molecule has 1 heterocycles. The topological polar surface area (TPSA) is 77.9 Å². The van der Waals surface area contributed by atoms with Gasteiger partial charge in [-0.05, 0) is 0 Å². The number of rotatable bonds is 3. The normalized spacial score (nSPS) is 16.8. The summed E-state index contributed by atoms with van der Waals surface area (Å²) in [6.45, 7) is 1.88. The lowest BCUT2D eigenvalue weighted by atomic mass is 10.3. The minimum atomic E-state index is -1.14. The third kappa shape index (κ3) is 3.41. The first-order valence-corrected chi connectivity index (χ1v) is 4.52. The second kappa shape index (κ2) is 5.14. The fourth-order valence-electron chi connectivity index (χ4n) is 1.30. The van der Waals surface area contributed by atoms with Crippen LogP contribution in [0.2, 0.25) is 0 Å². The highest BCUT2D eigenvalue weighted by Crippen LogP contribution is 2.00. The Morgan fingerprint density at radius 3 is 2.13 bits per heavy atom. The van der Waals surface area contributed by atoms with Crippen LogP contribution in [-0.2, 0) is 14.4 Å². The van der Waals surface area contributed by atoms with Crippen LogP contribution in [0.5, 0.6) is 0 Å². The van der Waals surface area contributed by atoms with E-state index in [1.165, 1.54) is 4.90 Å². The van der Waals surface area contributed by atoms with Crippen molar-refractivity contribution >= 4 is 18.3 Å². The summed E-state index contributed by atoms with van der Waals surface area (Å²) in [6, 6.07) is 0. The molecule has 1 saturated heterocycles. The molecule has 1 N–H and O–H groups in total. The van der Waals surface area contributed by atoms with Gasteiger partial charge in [-0.3, -0.25) is 9.59 Å². The Kier molecular flexibility index (Phi) is 3.84. The van der Waals surface area contributed by atoms with E-state index < -0.39 is 5.97 Å². The molecule has 0 radical (unpaired) electrons. The highest BCUT2D eigenvalue weighted by molar-refractivity contribution is 5.93. The van der Waals surface area contributed by atoms with E-state index in [0.29, 0.717) is 26.2 Å². The molecule has 1 aliphatic rings. The number of carboxylic acid groups (broad SMARTS) is 1. The minimum Gasteiger partial charge on any atom is -0.478 e. The zero-order chi connectivity index (χ0) is 11.3. The molecule has 15 heavy (non-hydrogen) atoms. The molecule has 1 rings (SSSR count). The summed E-state index contributed by atoms with van der Waals surface area (Å²) in [4.78, 5) is 35.0. The summed E-state index contributed by atoms with van der Waals surface area (Å²) in [5.41, 5.74) is 0. The largest absolute Gasteiger partial charge is 0.478 e. The number of hydrogen-bond acceptors (Lipinski definition) is 3. The molecule has 0 saturated carbocycles. The van der Waals surface area contributed by atoms with Gasteiger partial charge in [-0.1, -0.05) is 0 Å². The lowest BCUT2D eigenvalue weighted by Crippen LogP contribution is -2.47. The Hall–Kier alpha value is -1.85. The molecule has 2 amide bonds. The SMILES string of the molecule is O=CN1CCN(C(=O)/C=C/C(=O)O)CC1. The van der Waals surface area contributed by atoms with Crippen molar-refractivity contribution in [3.8, 4) is 0 Å². The number of carbonyl (C=O) groups is 3. The van der Waals surface area contributed by atoms with E-state index in [1.54, 1.807) is 4.90 Å². The molecule has 0 aromatic carbocycles. The Balaban J connectivity index is 2.43. The fourth-order valence-corrected chi connectivity index (χ4v) is 1.30. The number of aliphatic carboxylic acids is 1. The van der Waals surface area contributed by atoms with Crippen molar-refractivity contribution in [3.63, 3.8) is 0 Å². The monoisotopic (exact) mass is 212 g/mol. The average molecular weight is 212 g/mol. The van der Waals surface area contributed by atoms with Crippen LogP contribution >= 0.6 is 0 Å². The summed E-state index contributed by atoms with van der Waals surface area (Å²) < 4.78 is 0. The zero-order valence-electron chi connectivity index (χ0n) is 8.13. The highest BCUT2D eigenvalue weighted by Gasteiger charge is 2.18. The van der Waals surface area contributed by atoms with Crippen molar-refractivity contribution in [2.24, 2.45) is 0 Å². The fraction of sp³-hybridized carbons (Fsp3) is 0.444. The van der Waals surface area contributed by atoms with Gasteiger partial charge in [0.2, 0.25) is 12.3 Å². The van der Waals surface area contributed by atoms with E-state index in [9.17, 15) is 14.4 Å². The van der Waals surface area contributed by atoms with Crippen molar-refractivity contribution in [2.45, 2.75) is 0 Å². The van der Waals surface area contributed by atoms with Crippen molar-refractivity contribution in [1.82, 2.24) is 9.80 Å². The van der Waals surface area contributed by atoms with Gasteiger partial charge in [0, 0.05) is 38.3 Å². The van der Waals surface area contributed by atoms with Crippen LogP contribution in [0, 0.1) is 0 Å². The summed E-state index contributed by atoms with van der Waals surface area (Å²) in [5.74, 6) is -1.47. The van der Waals surface area contributed by atoms with Gasteiger partial charge in [-0.15, -0.1) is 0 Å². The zero-order valence-corrected chi connectivity index (χ0v) is 8.13. The van der Waals surface area contributed by atoms with Gasteiger partial charge in [0.05, 0.1) is 0 Å². The van der Waals surface area contributed by atoms with Crippen molar-refractivity contribution in [3.05, 3.63) is 12.2 Å². The van der Waals surface area contributed by atoms with E-state index in [2.05, 4.69) is 0 Å². The number of nitrogens with zero attached hydrogens (tertiary/aromatic N) is 2. The molecule has 0 spiro atoms. The Bertz CT molecular complexity index is 292. The van der Waals surface area contributed by atoms with E-state index in [0.717, 1.165) is 18.6 Å². The minimum absolute atomic E-state index is 0.331. The van der Waals surface area contributed by atoms with Gasteiger partial charge < -0.3 is 14.9 Å². The van der Waals surface area contributed by atoms with Crippen LogP contribution in [0.15, 0.2) is 12.2 Å². The van der Waals surface area contributed by atoms with Crippen molar-refractivity contribution in [2.75, 3.05) is 26.2 Å². The molecule has 1 fully saturated rings. The second-order valence-corrected chi connectivity index (χ2v) is 3.14. The van der Waals surface area contributed by atoms with Crippen molar-refractivity contribution in [1.29, 1.82) is 0 Å². The van der Waals surface area contributed by atoms with Gasteiger partial charge in [-0.25, -0.2) is 4.79 Å². The summed E-state index contributed by atoms with van der Waals surface area (Å²) in [5, 5.41) is 8.33. The third-order valence-corrected chi connectivity index (χ3v) is 2.14. The predicted molar refractivity (Wildman–Crippen MR) is 51.0 cm³/mol. The molecule has 6 heteroatoms. The molecule has 0 aliphatic carbocycles. The smallest absolute Gasteiger partial charge is 0.328 e. The third-order valence-electron chi connectivity index (χ3n) is 2.14. The summed E-state index contributed by atoms with van der Waals surface area (Å²) in [6.07, 6.45) is 2.59. The molecule has 6 nitrogen and oxygen atoms in total. The predicted octanol–water partition coefficient (Wildman–Crippen LogP) is -1.07. The summed E-state index contributed by atoms with van der Waals surface area (Å²) in [7, 11) is 0. The quantitative estimate of drug-likeness (QED) is 0.477. The van der Waals surface area contributed by atoms with Crippen LogP contribution in [0.4, 0.5) is 0 Å². The van der Waals surface area contributed by atoms with Crippen molar-refractivity contribution < 1.29 is 19.5 Å². The van der Waals surface area contributed by atoms with Gasteiger partial charge in [0.15, 0.2) is 0 Å². The van der Waals surface area contributed by atoms with Gasteiger partial charge in [-0.2, -0.15) is 0 Å². The number of amides is 2. The van der Waals surface area contributed by atoms with Crippen LogP contribution in [0.25, 0.3) is 0 Å². The molecule has 82 valence electrons. The first-order valence-electron chi connectivity index (χ1n) is 4.52. The number of piperazine rings is 1. The average Bonchev–Trinajstić information content (AvgIpc) is 2.26. The first kappa shape index (κ1) is 11.2. The number of carboxylic acids is 1. The van der Waals surface area contributed by atoms with Crippen LogP contribution < -0.4 is 0 Å². The highest BCUT2D eigenvalue weighted by atomic mass is 16.4. The maximum atomic E-state index is 11.4. The van der Waals surface area contributed by atoms with E-state index in [4.69, 9.17) is 5.11 Å². The van der Waals surface area contributed by atoms with Gasteiger partial charge >= 0.3 is 5.97 Å². The molecular formula is C9H12N2O4. The van der Waals surface area contributed by atoms with E-state index in [1.807, 2.05) is 0 Å². The van der Waals surface area contributed by atoms with Gasteiger partial charge in [0.1, 0.15) is 0 Å². The maximum Gasteiger partial charge on any atom is 0.328 e. The molecule has 0 unspecified atom stereocenters. The lowest BCUT2D eigenvalue weighted by Gasteiger charge is -2.31. The molecule has 0 atom stereocenters. The lowest BCUT2D eigenvalue weighted by molar-refractivity contribution is -0.133. The van der Waals surface area contributed by atoms with Crippen LogP contribution in [0.1, 0.15) is 0 Å². The molecule has 0 bridgehead atoms. The standard InChI is InChI=1S/C9H12N2O4/c12-7-10-3-5-11(6-4-10)8(13)1-2-9(14)15/h1-2,7H,3-6H2,(H,14,15)/b2-1+. The number of carbonyl (C=O) groups excluding carboxylic acids is 2. The Labute approximate surface area is 86.8 Å².